The fraction of sp³-hybridized carbons (Fsp3) is 1.00. The van der Waals surface area contributed by atoms with Crippen molar-refractivity contribution in [1.29, 1.82) is 0 Å². The molecule has 2 rings (SSSR count). The third kappa shape index (κ3) is 3.18. The van der Waals surface area contributed by atoms with Crippen LogP contribution in [0.4, 0.5) is 0 Å². The van der Waals surface area contributed by atoms with Gasteiger partial charge in [-0.05, 0) is 51.2 Å². The lowest BCUT2D eigenvalue weighted by molar-refractivity contribution is 0.356. The van der Waals surface area contributed by atoms with Gasteiger partial charge in [-0.2, -0.15) is 0 Å². The van der Waals surface area contributed by atoms with E-state index in [9.17, 15) is 8.42 Å². The minimum atomic E-state index is -2.76. The summed E-state index contributed by atoms with van der Waals surface area (Å²) in [7, 11) is -2.76. The maximum Gasteiger partial charge on any atom is 0.154 e. The highest BCUT2D eigenvalue weighted by molar-refractivity contribution is 7.92. The van der Waals surface area contributed by atoms with Crippen molar-refractivity contribution in [2.75, 3.05) is 31.9 Å². The Morgan fingerprint density at radius 3 is 2.50 bits per heavy atom. The molecule has 2 N–H and O–H groups in total. The molecule has 2 aliphatic heterocycles. The van der Waals surface area contributed by atoms with E-state index < -0.39 is 9.84 Å². The zero-order chi connectivity index (χ0) is 11.4. The Balaban J connectivity index is 1.67. The predicted octanol–water partition coefficient (Wildman–Crippen LogP) is 0.153. The molecule has 2 saturated heterocycles. The Morgan fingerprint density at radius 1 is 1.12 bits per heavy atom. The largest absolute Gasteiger partial charge is 0.317 e. The quantitative estimate of drug-likeness (QED) is 0.741. The fourth-order valence-corrected chi connectivity index (χ4v) is 4.42. The minimum Gasteiger partial charge on any atom is -0.317 e. The molecule has 4 nitrogen and oxygen atoms in total. The Labute approximate surface area is 98.1 Å². The maximum absolute atomic E-state index is 11.6. The van der Waals surface area contributed by atoms with E-state index in [1.807, 2.05) is 0 Å². The Kier molecular flexibility index (Phi) is 4.21. The van der Waals surface area contributed by atoms with Gasteiger partial charge in [0.25, 0.3) is 0 Å². The molecular weight excluding hydrogens is 224 g/mol. The van der Waals surface area contributed by atoms with Gasteiger partial charge < -0.3 is 10.6 Å². The lowest BCUT2D eigenvalue weighted by Crippen LogP contribution is -2.37. The number of rotatable bonds is 4. The molecule has 0 spiro atoms. The number of hydrogen-bond acceptors (Lipinski definition) is 4. The van der Waals surface area contributed by atoms with E-state index >= 15 is 0 Å². The molecular formula is C11H22N2O2S. The van der Waals surface area contributed by atoms with Crippen LogP contribution >= 0.6 is 0 Å². The van der Waals surface area contributed by atoms with Gasteiger partial charge in [-0.15, -0.1) is 0 Å². The highest BCUT2D eigenvalue weighted by Crippen LogP contribution is 2.19. The number of hydrogen-bond donors (Lipinski definition) is 2. The Bertz CT molecular complexity index is 310. The highest BCUT2D eigenvalue weighted by Gasteiger charge is 2.30. The summed E-state index contributed by atoms with van der Waals surface area (Å²) in [6.07, 6.45) is 4.12. The normalized spacial score (nSPS) is 30.6. The van der Waals surface area contributed by atoms with E-state index in [0.717, 1.165) is 38.4 Å². The number of piperidine rings is 1. The first-order chi connectivity index (χ1) is 7.68. The lowest BCUT2D eigenvalue weighted by atomic mass is 9.98. The first-order valence-electron chi connectivity index (χ1n) is 6.31. The predicted molar refractivity (Wildman–Crippen MR) is 65.3 cm³/mol. The molecule has 0 saturated carbocycles. The Hall–Kier alpha value is -0.130. The van der Waals surface area contributed by atoms with Crippen LogP contribution in [0.15, 0.2) is 0 Å². The molecule has 0 aromatic rings. The first-order valence-corrected chi connectivity index (χ1v) is 8.03. The van der Waals surface area contributed by atoms with Gasteiger partial charge in [-0.25, -0.2) is 8.42 Å². The minimum absolute atomic E-state index is 0.116. The van der Waals surface area contributed by atoms with Crippen molar-refractivity contribution in [1.82, 2.24) is 10.6 Å². The van der Waals surface area contributed by atoms with Gasteiger partial charge >= 0.3 is 0 Å². The third-order valence-electron chi connectivity index (χ3n) is 3.73. The van der Waals surface area contributed by atoms with Crippen molar-refractivity contribution in [3.63, 3.8) is 0 Å². The van der Waals surface area contributed by atoms with Gasteiger partial charge in [0.05, 0.1) is 11.0 Å². The van der Waals surface area contributed by atoms with Gasteiger partial charge in [0.15, 0.2) is 9.84 Å². The van der Waals surface area contributed by atoms with Crippen LogP contribution < -0.4 is 10.6 Å². The van der Waals surface area contributed by atoms with Crippen LogP contribution in [0.1, 0.15) is 25.7 Å². The van der Waals surface area contributed by atoms with E-state index in [1.165, 1.54) is 12.8 Å². The second-order valence-corrected chi connectivity index (χ2v) is 7.38. The summed E-state index contributed by atoms with van der Waals surface area (Å²) in [5.41, 5.74) is 0. The molecule has 0 aromatic carbocycles. The zero-order valence-corrected chi connectivity index (χ0v) is 10.6. The summed E-state index contributed by atoms with van der Waals surface area (Å²) in [5, 5.41) is 6.56. The molecule has 0 amide bonds. The fourth-order valence-electron chi connectivity index (χ4n) is 2.62. The molecule has 0 radical (unpaired) electrons. The molecule has 1 unspecified atom stereocenters. The van der Waals surface area contributed by atoms with Gasteiger partial charge in [0.2, 0.25) is 0 Å². The van der Waals surface area contributed by atoms with Crippen molar-refractivity contribution in [2.24, 2.45) is 5.92 Å². The molecule has 0 bridgehead atoms. The second kappa shape index (κ2) is 5.47. The van der Waals surface area contributed by atoms with Gasteiger partial charge in [0, 0.05) is 6.54 Å². The molecule has 5 heteroatoms. The summed E-state index contributed by atoms with van der Waals surface area (Å²) in [6, 6.07) is 0. The lowest BCUT2D eigenvalue weighted by Gasteiger charge is -2.23. The topological polar surface area (TPSA) is 58.2 Å². The molecule has 2 heterocycles. The Morgan fingerprint density at radius 2 is 1.88 bits per heavy atom. The first kappa shape index (κ1) is 12.3. The van der Waals surface area contributed by atoms with Crippen molar-refractivity contribution in [2.45, 2.75) is 30.9 Å². The van der Waals surface area contributed by atoms with Gasteiger partial charge in [-0.3, -0.25) is 0 Å². The molecule has 16 heavy (non-hydrogen) atoms. The second-order valence-electron chi connectivity index (χ2n) is 4.98. The molecule has 0 aliphatic carbocycles. The number of sulfone groups is 1. The summed E-state index contributed by atoms with van der Waals surface area (Å²) in [6.45, 7) is 3.85. The molecule has 2 fully saturated rings. The average molecular weight is 246 g/mol. The van der Waals surface area contributed by atoms with E-state index in [2.05, 4.69) is 10.6 Å². The van der Waals surface area contributed by atoms with E-state index in [0.29, 0.717) is 12.3 Å². The van der Waals surface area contributed by atoms with E-state index in [1.54, 1.807) is 0 Å². The van der Waals surface area contributed by atoms with Gasteiger partial charge in [0.1, 0.15) is 0 Å². The van der Waals surface area contributed by atoms with Crippen LogP contribution in [-0.2, 0) is 9.84 Å². The van der Waals surface area contributed by atoms with E-state index in [-0.39, 0.29) is 5.25 Å². The van der Waals surface area contributed by atoms with Crippen LogP contribution in [0.3, 0.4) is 0 Å². The standard InChI is InChI=1S/C11H22N2O2S/c14-16(15)7-1-2-11(16)9-13-8-10-3-5-12-6-4-10/h10-13H,1-9H2. The van der Waals surface area contributed by atoms with Crippen molar-refractivity contribution in [3.05, 3.63) is 0 Å². The van der Waals surface area contributed by atoms with Crippen LogP contribution in [0.25, 0.3) is 0 Å². The van der Waals surface area contributed by atoms with Gasteiger partial charge in [-0.1, -0.05) is 0 Å². The summed E-state index contributed by atoms with van der Waals surface area (Å²) in [4.78, 5) is 0. The molecule has 94 valence electrons. The van der Waals surface area contributed by atoms with Crippen LogP contribution in [-0.4, -0.2) is 45.6 Å². The van der Waals surface area contributed by atoms with Crippen LogP contribution in [0.5, 0.6) is 0 Å². The average Bonchev–Trinajstić information content (AvgIpc) is 2.60. The number of nitrogens with one attached hydrogen (secondary N) is 2. The zero-order valence-electron chi connectivity index (χ0n) is 9.74. The van der Waals surface area contributed by atoms with Crippen LogP contribution in [0, 0.1) is 5.92 Å². The summed E-state index contributed by atoms with van der Waals surface area (Å²) >= 11 is 0. The molecule has 2 aliphatic rings. The molecule has 1 atom stereocenters. The molecule has 0 aromatic heterocycles. The smallest absolute Gasteiger partial charge is 0.154 e. The van der Waals surface area contributed by atoms with Crippen molar-refractivity contribution < 1.29 is 8.42 Å². The monoisotopic (exact) mass is 246 g/mol. The van der Waals surface area contributed by atoms with Crippen LogP contribution in [0.2, 0.25) is 0 Å². The summed E-state index contributed by atoms with van der Waals surface area (Å²) < 4.78 is 23.2. The van der Waals surface area contributed by atoms with E-state index in [4.69, 9.17) is 0 Å². The third-order valence-corrected chi connectivity index (χ3v) is 6.00. The maximum atomic E-state index is 11.6. The SMILES string of the molecule is O=S1(=O)CCCC1CNCC1CCNCC1. The highest BCUT2D eigenvalue weighted by atomic mass is 32.2. The van der Waals surface area contributed by atoms with Crippen molar-refractivity contribution >= 4 is 9.84 Å². The summed E-state index contributed by atoms with van der Waals surface area (Å²) in [5.74, 6) is 1.12. The van der Waals surface area contributed by atoms with Crippen molar-refractivity contribution in [3.8, 4) is 0 Å².